The summed E-state index contributed by atoms with van der Waals surface area (Å²) in [5.41, 5.74) is 2.32. The molecule has 7 heteroatoms. The Kier molecular flexibility index (Phi) is 3.68. The molecule has 0 fully saturated rings. The first kappa shape index (κ1) is 14.4. The summed E-state index contributed by atoms with van der Waals surface area (Å²) in [4.78, 5) is 12.0. The smallest absolute Gasteiger partial charge is 0.417 e. The third-order valence-corrected chi connectivity index (χ3v) is 3.86. The summed E-state index contributed by atoms with van der Waals surface area (Å²) in [5, 5.41) is 7.08. The maximum absolute atomic E-state index is 12.0. The minimum Gasteiger partial charge on any atom is -0.472 e. The van der Waals surface area contributed by atoms with Crippen LogP contribution in [0.15, 0.2) is 73.1 Å². The Bertz CT molecular complexity index is 1090. The molecule has 24 heavy (non-hydrogen) atoms. The van der Waals surface area contributed by atoms with E-state index in [0.717, 1.165) is 5.39 Å². The molecule has 0 bridgehead atoms. The minimum absolute atomic E-state index is 0.281. The molecular formula is C17H11NO5S. The highest BCUT2D eigenvalue weighted by Crippen LogP contribution is 2.22. The van der Waals surface area contributed by atoms with Gasteiger partial charge in [-0.3, -0.25) is 5.32 Å². The van der Waals surface area contributed by atoms with E-state index in [1.165, 1.54) is 17.6 Å². The molecule has 0 saturated carbocycles. The normalized spacial score (nSPS) is 10.7. The summed E-state index contributed by atoms with van der Waals surface area (Å²) in [6, 6.07) is 8.47. The summed E-state index contributed by atoms with van der Waals surface area (Å²) in [6.07, 6.45) is 3.97. The third-order valence-electron chi connectivity index (χ3n) is 3.18. The fraction of sp³-hybridized carbons (Fsp3) is 0. The summed E-state index contributed by atoms with van der Waals surface area (Å²) < 4.78 is 21.4. The number of anilines is 1. The summed E-state index contributed by atoms with van der Waals surface area (Å²) in [6.45, 7) is 0. The lowest BCUT2D eigenvalue weighted by Gasteiger charge is -2.02. The van der Waals surface area contributed by atoms with Crippen molar-refractivity contribution in [3.05, 3.63) is 70.7 Å². The molecule has 0 spiro atoms. The number of nitrogens with one attached hydrogen (secondary N) is 1. The quantitative estimate of drug-likeness (QED) is 0.546. The number of hydrogen-bond acceptors (Lipinski definition) is 6. The van der Waals surface area contributed by atoms with Gasteiger partial charge >= 0.3 is 6.09 Å². The zero-order chi connectivity index (χ0) is 16.4. The number of ether oxygens (including phenoxy) is 1. The van der Waals surface area contributed by atoms with Crippen LogP contribution in [0.1, 0.15) is 0 Å². The van der Waals surface area contributed by atoms with Gasteiger partial charge in [0.2, 0.25) is 5.42 Å². The van der Waals surface area contributed by atoms with Gasteiger partial charge in [-0.25, -0.2) is 4.79 Å². The van der Waals surface area contributed by atoms with Crippen LogP contribution in [0.3, 0.4) is 0 Å². The van der Waals surface area contributed by atoms with Crippen LogP contribution in [0.25, 0.3) is 11.0 Å². The van der Waals surface area contributed by atoms with Crippen LogP contribution in [0.2, 0.25) is 0 Å². The van der Waals surface area contributed by atoms with Crippen LogP contribution < -0.4 is 10.1 Å². The van der Waals surface area contributed by atoms with Gasteiger partial charge in [0.05, 0.1) is 23.6 Å². The van der Waals surface area contributed by atoms with Crippen molar-refractivity contribution >= 4 is 34.1 Å². The van der Waals surface area contributed by atoms with Gasteiger partial charge in [0.25, 0.3) is 0 Å². The van der Waals surface area contributed by atoms with E-state index in [1.807, 2.05) is 5.38 Å². The van der Waals surface area contributed by atoms with E-state index in [1.54, 1.807) is 48.2 Å². The molecule has 2 aromatic heterocycles. The first-order chi connectivity index (χ1) is 11.8. The monoisotopic (exact) mass is 341 g/mol. The number of hydrogen-bond donors (Lipinski definition) is 1. The molecule has 2 aromatic rings. The van der Waals surface area contributed by atoms with Crippen molar-refractivity contribution in [2.45, 2.75) is 0 Å². The standard InChI is InChI=1S/C17H11NO5S/c19-17(18-12-4-7-24-10-12)23-13-2-1-5-20-9-11-3-6-21-14(11)8-15-16(13)22-15/h1-10H,(H,18,19). The largest absolute Gasteiger partial charge is 0.472 e. The molecule has 2 aliphatic heterocycles. The number of fused-ring (bicyclic) bond motifs is 1. The maximum atomic E-state index is 12.0. The van der Waals surface area contributed by atoms with Crippen molar-refractivity contribution in [1.82, 2.24) is 0 Å². The molecule has 0 unspecified atom stereocenters. The molecule has 1 amide bonds. The summed E-state index contributed by atoms with van der Waals surface area (Å²) in [7, 11) is 0. The number of carbonyl (C=O) groups excluding carboxylic acids is 1. The first-order valence-corrected chi connectivity index (χ1v) is 7.95. The van der Waals surface area contributed by atoms with E-state index >= 15 is 0 Å². The second-order valence-corrected chi connectivity index (χ2v) is 5.60. The number of thiophene rings is 1. The zero-order valence-electron chi connectivity index (χ0n) is 12.2. The zero-order valence-corrected chi connectivity index (χ0v) is 13.0. The molecule has 4 rings (SSSR count). The Balaban J connectivity index is 1.72. The van der Waals surface area contributed by atoms with Crippen molar-refractivity contribution in [2.24, 2.45) is 0 Å². The molecule has 4 heterocycles. The van der Waals surface area contributed by atoms with Gasteiger partial charge in [0, 0.05) is 11.4 Å². The van der Waals surface area contributed by atoms with Crippen molar-refractivity contribution in [1.29, 1.82) is 0 Å². The summed E-state index contributed by atoms with van der Waals surface area (Å²) in [5.74, 6) is 0.281. The van der Waals surface area contributed by atoms with Gasteiger partial charge in [-0.15, -0.1) is 0 Å². The first-order valence-electron chi connectivity index (χ1n) is 7.01. The molecular weight excluding hydrogens is 330 g/mol. The van der Waals surface area contributed by atoms with Crippen molar-refractivity contribution in [2.75, 3.05) is 5.32 Å². The van der Waals surface area contributed by atoms with Gasteiger partial charge in [0.1, 0.15) is 11.8 Å². The molecule has 2 aliphatic rings. The van der Waals surface area contributed by atoms with Gasteiger partial charge in [-0.2, -0.15) is 11.3 Å². The van der Waals surface area contributed by atoms with E-state index in [0.29, 0.717) is 22.1 Å². The number of rotatable bonds is 2. The average Bonchev–Trinajstić information content (AvgIpc) is 2.92. The SMILES string of the molecule is O=C(Nc1ccsc1)Oc1cccocc2ccoc2cc2oc1=2. The van der Waals surface area contributed by atoms with E-state index in [-0.39, 0.29) is 5.75 Å². The highest BCUT2D eigenvalue weighted by Gasteiger charge is 2.12. The van der Waals surface area contributed by atoms with Crippen LogP contribution in [0.4, 0.5) is 10.5 Å². The van der Waals surface area contributed by atoms with E-state index in [9.17, 15) is 4.79 Å². The van der Waals surface area contributed by atoms with E-state index in [2.05, 4.69) is 5.32 Å². The predicted molar refractivity (Wildman–Crippen MR) is 87.6 cm³/mol. The van der Waals surface area contributed by atoms with Crippen LogP contribution >= 0.6 is 11.3 Å². The fourth-order valence-corrected chi connectivity index (χ4v) is 2.62. The second kappa shape index (κ2) is 6.13. The summed E-state index contributed by atoms with van der Waals surface area (Å²) >= 11 is 1.48. The lowest BCUT2D eigenvalue weighted by Crippen LogP contribution is -2.16. The molecule has 0 aromatic carbocycles. The van der Waals surface area contributed by atoms with E-state index in [4.69, 9.17) is 18.0 Å². The van der Waals surface area contributed by atoms with Crippen molar-refractivity contribution in [3.8, 4) is 5.75 Å². The molecule has 0 atom stereocenters. The molecule has 0 saturated heterocycles. The van der Waals surface area contributed by atoms with E-state index < -0.39 is 6.09 Å². The van der Waals surface area contributed by atoms with Crippen LogP contribution in [-0.2, 0) is 0 Å². The highest BCUT2D eigenvalue weighted by molar-refractivity contribution is 7.08. The van der Waals surface area contributed by atoms with Crippen molar-refractivity contribution < 1.29 is 22.8 Å². The van der Waals surface area contributed by atoms with Crippen molar-refractivity contribution in [3.63, 3.8) is 0 Å². The second-order valence-electron chi connectivity index (χ2n) is 4.82. The number of amides is 1. The fourth-order valence-electron chi connectivity index (χ4n) is 2.04. The topological polar surface area (TPSA) is 77.8 Å². The predicted octanol–water partition coefficient (Wildman–Crippen LogP) is 5.14. The Morgan fingerprint density at radius 3 is 3.04 bits per heavy atom. The number of carbonyl (C=O) groups is 1. The number of furan rings is 1. The van der Waals surface area contributed by atoms with Gasteiger partial charge in [-0.1, -0.05) is 0 Å². The van der Waals surface area contributed by atoms with Gasteiger partial charge in [0.15, 0.2) is 11.2 Å². The molecule has 6 nitrogen and oxygen atoms in total. The lowest BCUT2D eigenvalue weighted by molar-refractivity contribution is 0.214. The van der Waals surface area contributed by atoms with Gasteiger partial charge < -0.3 is 18.0 Å². The Morgan fingerprint density at radius 1 is 1.21 bits per heavy atom. The molecule has 0 radical (unpaired) electrons. The van der Waals surface area contributed by atoms with Crippen LogP contribution in [0.5, 0.6) is 5.75 Å². The average molecular weight is 341 g/mol. The Hall–Kier alpha value is -3.19. The third kappa shape index (κ3) is 3.11. The molecule has 1 N–H and O–H groups in total. The lowest BCUT2D eigenvalue weighted by atomic mass is 10.4. The maximum Gasteiger partial charge on any atom is 0.417 e. The molecule has 0 aliphatic carbocycles. The molecule has 120 valence electrons. The van der Waals surface area contributed by atoms with Crippen LogP contribution in [-0.4, -0.2) is 6.09 Å². The Labute approximate surface area is 139 Å². The highest BCUT2D eigenvalue weighted by atomic mass is 32.1. The minimum atomic E-state index is -0.601. The van der Waals surface area contributed by atoms with Crippen LogP contribution in [0, 0.1) is 10.8 Å². The van der Waals surface area contributed by atoms with Gasteiger partial charge in [-0.05, 0) is 29.6 Å². The Morgan fingerprint density at radius 2 is 2.17 bits per heavy atom.